The first-order valence-corrected chi connectivity index (χ1v) is 4.77. The predicted molar refractivity (Wildman–Crippen MR) is 56.1 cm³/mol. The van der Waals surface area contributed by atoms with Crippen LogP contribution in [-0.2, 0) is 0 Å². The molecule has 0 bridgehead atoms. The molecule has 1 aromatic rings. The Kier molecular flexibility index (Phi) is 2.30. The number of hydrogen-bond donors (Lipinski definition) is 0. The number of rotatable bonds is 2. The van der Waals surface area contributed by atoms with Gasteiger partial charge in [0.05, 0.1) is 5.69 Å². The highest BCUT2D eigenvalue weighted by atomic mass is 15.5. The van der Waals surface area contributed by atoms with E-state index in [1.165, 1.54) is 12.1 Å². The maximum Gasteiger partial charge on any atom is 0.0594 e. The standard InChI is InChI=1S/C11H14N2/c1-2-10-8-12-13(9-10)11-6-4-3-5-7-11/h3-8,10H,2,9H2,1H3. The van der Waals surface area contributed by atoms with Gasteiger partial charge in [-0.2, -0.15) is 5.10 Å². The van der Waals surface area contributed by atoms with Crippen molar-refractivity contribution in [2.75, 3.05) is 11.6 Å². The van der Waals surface area contributed by atoms with Gasteiger partial charge >= 0.3 is 0 Å². The van der Waals surface area contributed by atoms with Crippen LogP contribution in [0.1, 0.15) is 13.3 Å². The Morgan fingerprint density at radius 3 is 2.77 bits per heavy atom. The van der Waals surface area contributed by atoms with Gasteiger partial charge in [0, 0.05) is 18.7 Å². The van der Waals surface area contributed by atoms with Crippen molar-refractivity contribution in [3.63, 3.8) is 0 Å². The molecule has 1 aliphatic heterocycles. The lowest BCUT2D eigenvalue weighted by Crippen LogP contribution is -2.16. The second kappa shape index (κ2) is 3.60. The highest BCUT2D eigenvalue weighted by Crippen LogP contribution is 2.19. The molecule has 2 nitrogen and oxygen atoms in total. The topological polar surface area (TPSA) is 15.6 Å². The molecule has 2 heteroatoms. The first-order chi connectivity index (χ1) is 6.40. The summed E-state index contributed by atoms with van der Waals surface area (Å²) in [5, 5.41) is 6.43. The van der Waals surface area contributed by atoms with Crippen molar-refractivity contribution in [2.45, 2.75) is 13.3 Å². The van der Waals surface area contributed by atoms with Gasteiger partial charge in [-0.25, -0.2) is 0 Å². The molecule has 0 aromatic heterocycles. The van der Waals surface area contributed by atoms with E-state index in [1.807, 2.05) is 24.4 Å². The SMILES string of the molecule is CCC1C=NN(c2ccccc2)C1. The number of benzene rings is 1. The van der Waals surface area contributed by atoms with Crippen molar-refractivity contribution in [2.24, 2.45) is 11.0 Å². The largest absolute Gasteiger partial charge is 0.265 e. The average molecular weight is 174 g/mol. The molecule has 13 heavy (non-hydrogen) atoms. The number of anilines is 1. The molecule has 68 valence electrons. The van der Waals surface area contributed by atoms with Crippen molar-refractivity contribution < 1.29 is 0 Å². The zero-order valence-electron chi connectivity index (χ0n) is 7.85. The van der Waals surface area contributed by atoms with Crippen LogP contribution in [0.15, 0.2) is 35.4 Å². The van der Waals surface area contributed by atoms with Gasteiger partial charge in [-0.05, 0) is 18.6 Å². The van der Waals surface area contributed by atoms with Crippen molar-refractivity contribution >= 4 is 11.9 Å². The monoisotopic (exact) mass is 174 g/mol. The summed E-state index contributed by atoms with van der Waals surface area (Å²) in [4.78, 5) is 0. The fourth-order valence-electron chi connectivity index (χ4n) is 1.50. The van der Waals surface area contributed by atoms with E-state index in [1.54, 1.807) is 0 Å². The first-order valence-electron chi connectivity index (χ1n) is 4.77. The van der Waals surface area contributed by atoms with Gasteiger partial charge in [-0.15, -0.1) is 0 Å². The fraction of sp³-hybridized carbons (Fsp3) is 0.364. The van der Waals surface area contributed by atoms with Gasteiger partial charge in [0.25, 0.3) is 0 Å². The van der Waals surface area contributed by atoms with Crippen LogP contribution < -0.4 is 5.01 Å². The van der Waals surface area contributed by atoms with Crippen molar-refractivity contribution in [1.82, 2.24) is 0 Å². The van der Waals surface area contributed by atoms with Crippen LogP contribution >= 0.6 is 0 Å². The normalized spacial score (nSPS) is 21.0. The van der Waals surface area contributed by atoms with Gasteiger partial charge < -0.3 is 0 Å². The highest BCUT2D eigenvalue weighted by Gasteiger charge is 2.16. The minimum absolute atomic E-state index is 0.625. The van der Waals surface area contributed by atoms with Crippen LogP contribution in [0.3, 0.4) is 0 Å². The maximum atomic E-state index is 4.37. The summed E-state index contributed by atoms with van der Waals surface area (Å²) in [5.74, 6) is 0.625. The minimum atomic E-state index is 0.625. The van der Waals surface area contributed by atoms with E-state index >= 15 is 0 Å². The lowest BCUT2D eigenvalue weighted by Gasteiger charge is -2.14. The van der Waals surface area contributed by atoms with Gasteiger partial charge in [0.15, 0.2) is 0 Å². The van der Waals surface area contributed by atoms with E-state index in [2.05, 4.69) is 29.2 Å². The molecule has 0 aliphatic carbocycles. The summed E-state index contributed by atoms with van der Waals surface area (Å²) >= 11 is 0. The van der Waals surface area contributed by atoms with Gasteiger partial charge in [-0.3, -0.25) is 5.01 Å². The van der Waals surface area contributed by atoms with Gasteiger partial charge in [-0.1, -0.05) is 25.1 Å². The molecule has 0 amide bonds. The average Bonchev–Trinajstić information content (AvgIpc) is 2.67. The van der Waals surface area contributed by atoms with Gasteiger partial charge in [0.1, 0.15) is 0 Å². The number of para-hydroxylation sites is 1. The molecular weight excluding hydrogens is 160 g/mol. The van der Waals surface area contributed by atoms with Crippen LogP contribution in [0.5, 0.6) is 0 Å². The van der Waals surface area contributed by atoms with E-state index in [0.29, 0.717) is 5.92 Å². The van der Waals surface area contributed by atoms with E-state index in [9.17, 15) is 0 Å². The lowest BCUT2D eigenvalue weighted by atomic mass is 10.1. The highest BCUT2D eigenvalue weighted by molar-refractivity contribution is 5.68. The van der Waals surface area contributed by atoms with E-state index < -0.39 is 0 Å². The molecular formula is C11H14N2. The van der Waals surface area contributed by atoms with Crippen LogP contribution in [-0.4, -0.2) is 12.8 Å². The van der Waals surface area contributed by atoms with Crippen molar-refractivity contribution in [3.05, 3.63) is 30.3 Å². The Balaban J connectivity index is 2.09. The molecule has 1 atom stereocenters. The Bertz CT molecular complexity index is 292. The van der Waals surface area contributed by atoms with Crippen LogP contribution in [0.2, 0.25) is 0 Å². The third-order valence-electron chi connectivity index (χ3n) is 2.40. The molecule has 0 N–H and O–H groups in total. The Hall–Kier alpha value is -1.31. The summed E-state index contributed by atoms with van der Waals surface area (Å²) in [6.45, 7) is 3.23. The quantitative estimate of drug-likeness (QED) is 0.672. The summed E-state index contributed by atoms with van der Waals surface area (Å²) in [5.41, 5.74) is 1.19. The van der Waals surface area contributed by atoms with E-state index in [4.69, 9.17) is 0 Å². The summed E-state index contributed by atoms with van der Waals surface area (Å²) in [6.07, 6.45) is 3.22. The zero-order valence-corrected chi connectivity index (χ0v) is 7.85. The molecule has 1 heterocycles. The van der Waals surface area contributed by atoms with Crippen LogP contribution in [0, 0.1) is 5.92 Å². The Labute approximate surface area is 78.9 Å². The number of nitrogens with zero attached hydrogens (tertiary/aromatic N) is 2. The molecule has 1 unspecified atom stereocenters. The molecule has 0 saturated heterocycles. The minimum Gasteiger partial charge on any atom is -0.265 e. The second-order valence-corrected chi connectivity index (χ2v) is 3.35. The summed E-state index contributed by atoms with van der Waals surface area (Å²) < 4.78 is 0. The smallest absolute Gasteiger partial charge is 0.0594 e. The summed E-state index contributed by atoms with van der Waals surface area (Å²) in [7, 11) is 0. The molecule has 0 spiro atoms. The third-order valence-corrected chi connectivity index (χ3v) is 2.40. The fourth-order valence-corrected chi connectivity index (χ4v) is 1.50. The first kappa shape index (κ1) is 8.30. The van der Waals surface area contributed by atoms with E-state index in [0.717, 1.165) is 6.54 Å². The Morgan fingerprint density at radius 2 is 2.15 bits per heavy atom. The zero-order chi connectivity index (χ0) is 9.10. The predicted octanol–water partition coefficient (Wildman–Crippen LogP) is 2.52. The van der Waals surface area contributed by atoms with Crippen molar-refractivity contribution in [3.8, 4) is 0 Å². The summed E-state index contributed by atoms with van der Waals surface area (Å²) in [6, 6.07) is 10.3. The van der Waals surface area contributed by atoms with E-state index in [-0.39, 0.29) is 0 Å². The molecule has 0 saturated carbocycles. The number of hydrazone groups is 1. The van der Waals surface area contributed by atoms with Gasteiger partial charge in [0.2, 0.25) is 0 Å². The number of hydrogen-bond acceptors (Lipinski definition) is 2. The molecule has 2 rings (SSSR count). The second-order valence-electron chi connectivity index (χ2n) is 3.35. The molecule has 1 aliphatic rings. The van der Waals surface area contributed by atoms with Crippen LogP contribution in [0.25, 0.3) is 0 Å². The lowest BCUT2D eigenvalue weighted by molar-refractivity contribution is 0.690. The Morgan fingerprint density at radius 1 is 1.38 bits per heavy atom. The molecule has 1 aromatic carbocycles. The third kappa shape index (κ3) is 1.72. The van der Waals surface area contributed by atoms with Crippen molar-refractivity contribution in [1.29, 1.82) is 0 Å². The molecule has 0 radical (unpaired) electrons. The van der Waals surface area contributed by atoms with Crippen LogP contribution in [0.4, 0.5) is 5.69 Å². The molecule has 0 fully saturated rings. The maximum absolute atomic E-state index is 4.37.